The predicted octanol–water partition coefficient (Wildman–Crippen LogP) is 5.44. The highest BCUT2D eigenvalue weighted by Crippen LogP contribution is 2.49. The van der Waals surface area contributed by atoms with E-state index in [1.54, 1.807) is 31.3 Å². The number of fused-ring (bicyclic) bond motifs is 1. The predicted molar refractivity (Wildman–Crippen MR) is 170 cm³/mol. The van der Waals surface area contributed by atoms with E-state index < -0.39 is 28.0 Å². The number of carbonyl (C=O) groups excluding carboxylic acids is 2. The number of aliphatic imine (C=N–C) groups is 1. The summed E-state index contributed by atoms with van der Waals surface area (Å²) in [6.07, 6.45) is 7.58. The molecule has 0 saturated heterocycles. The first-order valence-corrected chi connectivity index (χ1v) is 15.9. The second-order valence-corrected chi connectivity index (χ2v) is 13.3. The SMILES string of the molecule is C[C@]1(C(N)=O)COc2c1cc([C@@H](CNC(=O)c1cc(C=NC3CC3)c(N)c(OC3CC3)c1)C1CC1)nc2-c1ccc(F)c(F)c1Cl. The van der Waals surface area contributed by atoms with Crippen LogP contribution >= 0.6 is 11.6 Å². The van der Waals surface area contributed by atoms with E-state index in [0.29, 0.717) is 33.8 Å². The number of rotatable bonds is 11. The lowest BCUT2D eigenvalue weighted by Crippen LogP contribution is -2.40. The Morgan fingerprint density at radius 1 is 1.20 bits per heavy atom. The van der Waals surface area contributed by atoms with Crippen molar-refractivity contribution < 1.29 is 27.8 Å². The van der Waals surface area contributed by atoms with Gasteiger partial charge < -0.3 is 26.3 Å². The van der Waals surface area contributed by atoms with Crippen molar-refractivity contribution in [3.63, 3.8) is 0 Å². The molecule has 3 saturated carbocycles. The number of anilines is 1. The number of benzene rings is 2. The highest BCUT2D eigenvalue weighted by atomic mass is 35.5. The molecule has 240 valence electrons. The van der Waals surface area contributed by atoms with Crippen LogP contribution in [0.25, 0.3) is 11.3 Å². The molecule has 2 atom stereocenters. The fourth-order valence-electron chi connectivity index (χ4n) is 5.76. The van der Waals surface area contributed by atoms with E-state index >= 15 is 0 Å². The quantitative estimate of drug-likeness (QED) is 0.143. The average molecular weight is 650 g/mol. The maximum absolute atomic E-state index is 14.6. The van der Waals surface area contributed by atoms with Gasteiger partial charge in [0.25, 0.3) is 5.91 Å². The molecule has 1 aromatic heterocycles. The fourth-order valence-corrected chi connectivity index (χ4v) is 6.01. The van der Waals surface area contributed by atoms with Crippen LogP contribution in [0, 0.1) is 17.6 Å². The van der Waals surface area contributed by atoms with Crippen LogP contribution in [0.1, 0.15) is 78.5 Å². The number of carbonyl (C=O) groups is 2. The number of pyridine rings is 1. The summed E-state index contributed by atoms with van der Waals surface area (Å²) in [5.41, 5.74) is 13.9. The van der Waals surface area contributed by atoms with E-state index in [1.807, 2.05) is 0 Å². The third-order valence-corrected chi connectivity index (χ3v) is 9.58. The Bertz CT molecular complexity index is 1790. The van der Waals surface area contributed by atoms with E-state index in [2.05, 4.69) is 10.3 Å². The first-order chi connectivity index (χ1) is 22.0. The molecule has 0 spiro atoms. The van der Waals surface area contributed by atoms with Crippen molar-refractivity contribution in [1.29, 1.82) is 0 Å². The normalized spacial score (nSPS) is 21.1. The average Bonchev–Trinajstić information content (AvgIpc) is 3.88. The second kappa shape index (κ2) is 11.5. The van der Waals surface area contributed by atoms with E-state index in [9.17, 15) is 18.4 Å². The number of ether oxygens (including phenoxy) is 2. The first kappa shape index (κ1) is 30.4. The van der Waals surface area contributed by atoms with Crippen molar-refractivity contribution in [1.82, 2.24) is 10.3 Å². The van der Waals surface area contributed by atoms with Crippen LogP contribution in [0.15, 0.2) is 35.3 Å². The Labute approximate surface area is 269 Å². The number of aromatic nitrogens is 1. The van der Waals surface area contributed by atoms with Gasteiger partial charge >= 0.3 is 0 Å². The molecule has 3 aromatic rings. The number of nitrogens with one attached hydrogen (secondary N) is 1. The van der Waals surface area contributed by atoms with Crippen LogP contribution in [0.4, 0.5) is 14.5 Å². The third-order valence-electron chi connectivity index (χ3n) is 9.21. The number of nitrogens with two attached hydrogens (primary N) is 2. The van der Waals surface area contributed by atoms with Gasteiger partial charge in [0, 0.05) is 46.6 Å². The van der Waals surface area contributed by atoms with Gasteiger partial charge in [-0.25, -0.2) is 13.8 Å². The Balaban J connectivity index is 1.22. The lowest BCUT2D eigenvalue weighted by molar-refractivity contribution is -0.123. The maximum atomic E-state index is 14.6. The second-order valence-electron chi connectivity index (χ2n) is 12.9. The highest BCUT2D eigenvalue weighted by molar-refractivity contribution is 6.33. The van der Waals surface area contributed by atoms with E-state index in [-0.39, 0.29) is 60.0 Å². The van der Waals surface area contributed by atoms with Crippen molar-refractivity contribution in [2.45, 2.75) is 68.9 Å². The largest absolute Gasteiger partial charge is 0.489 e. The standard InChI is InChI=1S/C34H34ClF2N5O4/c1-34(33(39)44)15-45-31-23(34)12-25(42-30(31)21-8-9-24(36)28(37)27(21)35)22(16-2-3-16)14-41-32(43)17-10-18(13-40-19-4-5-19)29(38)26(11-17)46-20-6-7-20/h8-13,16,19-20,22H,2-7,14-15,38H2,1H3,(H2,39,44)(H,41,43)/t22-,34-/m0/s1. The summed E-state index contributed by atoms with van der Waals surface area (Å²) in [6, 6.07) is 7.74. The summed E-state index contributed by atoms with van der Waals surface area (Å²) < 4.78 is 40.5. The number of nitrogens with zero attached hydrogens (tertiary/aromatic N) is 2. The lowest BCUT2D eigenvalue weighted by Gasteiger charge is -2.22. The summed E-state index contributed by atoms with van der Waals surface area (Å²) in [5.74, 6) is -2.59. The zero-order valence-electron chi connectivity index (χ0n) is 25.2. The third kappa shape index (κ3) is 5.77. The summed E-state index contributed by atoms with van der Waals surface area (Å²) >= 11 is 6.27. The molecule has 9 nitrogen and oxygen atoms in total. The van der Waals surface area contributed by atoms with Gasteiger partial charge in [-0.1, -0.05) is 11.6 Å². The Kier molecular flexibility index (Phi) is 7.62. The smallest absolute Gasteiger partial charge is 0.251 e. The molecule has 2 aromatic carbocycles. The molecule has 4 aliphatic rings. The molecular formula is C34H34ClF2N5O4. The zero-order chi connectivity index (χ0) is 32.3. The lowest BCUT2D eigenvalue weighted by atomic mass is 9.82. The van der Waals surface area contributed by atoms with Gasteiger partial charge in [-0.3, -0.25) is 14.6 Å². The van der Waals surface area contributed by atoms with Crippen LogP contribution in [0.2, 0.25) is 5.02 Å². The molecule has 46 heavy (non-hydrogen) atoms. The highest BCUT2D eigenvalue weighted by Gasteiger charge is 2.45. The molecule has 7 rings (SSSR count). The van der Waals surface area contributed by atoms with Gasteiger partial charge in [-0.2, -0.15) is 0 Å². The first-order valence-electron chi connectivity index (χ1n) is 15.6. The number of hydrogen-bond acceptors (Lipinski definition) is 7. The molecule has 0 bridgehead atoms. The summed E-state index contributed by atoms with van der Waals surface area (Å²) in [5, 5.41) is 2.61. The Morgan fingerprint density at radius 3 is 2.63 bits per heavy atom. The molecular weight excluding hydrogens is 616 g/mol. The molecule has 1 aliphatic heterocycles. The summed E-state index contributed by atoms with van der Waals surface area (Å²) in [4.78, 5) is 35.7. The zero-order valence-corrected chi connectivity index (χ0v) is 26.0. The minimum atomic E-state index is -1.21. The minimum absolute atomic E-state index is 0.0449. The van der Waals surface area contributed by atoms with Gasteiger partial charge in [0.1, 0.15) is 29.2 Å². The van der Waals surface area contributed by atoms with E-state index in [1.165, 1.54) is 6.07 Å². The number of primary amides is 1. The Hall–Kier alpha value is -4.25. The monoisotopic (exact) mass is 649 g/mol. The molecule has 2 heterocycles. The molecule has 5 N–H and O–H groups in total. The van der Waals surface area contributed by atoms with Gasteiger partial charge in [-0.05, 0) is 81.7 Å². The van der Waals surface area contributed by atoms with Gasteiger partial charge in [0.05, 0.1) is 22.9 Å². The number of amides is 2. The summed E-state index contributed by atoms with van der Waals surface area (Å²) in [7, 11) is 0. The number of hydrogen-bond donors (Lipinski definition) is 3. The molecule has 3 fully saturated rings. The molecule has 2 amide bonds. The maximum Gasteiger partial charge on any atom is 0.251 e. The van der Waals surface area contributed by atoms with Crippen molar-refractivity contribution in [2.75, 3.05) is 18.9 Å². The molecule has 0 radical (unpaired) electrons. The van der Waals surface area contributed by atoms with Crippen molar-refractivity contribution >= 4 is 35.3 Å². The molecule has 0 unspecified atom stereocenters. The van der Waals surface area contributed by atoms with Crippen LogP contribution in [0.3, 0.4) is 0 Å². The number of halogens is 3. The number of nitrogen functional groups attached to an aromatic ring is 1. The Morgan fingerprint density at radius 2 is 1.96 bits per heavy atom. The van der Waals surface area contributed by atoms with Crippen LogP contribution in [-0.2, 0) is 10.2 Å². The topological polar surface area (TPSA) is 142 Å². The van der Waals surface area contributed by atoms with E-state index in [0.717, 1.165) is 44.6 Å². The van der Waals surface area contributed by atoms with Crippen LogP contribution in [0.5, 0.6) is 11.5 Å². The molecule has 12 heteroatoms. The van der Waals surface area contributed by atoms with Gasteiger partial charge in [0.15, 0.2) is 11.6 Å². The fraction of sp³-hybridized carbons (Fsp3) is 0.412. The minimum Gasteiger partial charge on any atom is -0.489 e. The summed E-state index contributed by atoms with van der Waals surface area (Å²) in [6.45, 7) is 1.85. The van der Waals surface area contributed by atoms with E-state index in [4.69, 9.17) is 37.5 Å². The van der Waals surface area contributed by atoms with Crippen molar-refractivity contribution in [2.24, 2.45) is 16.6 Å². The van der Waals surface area contributed by atoms with Gasteiger partial charge in [-0.15, -0.1) is 0 Å². The van der Waals surface area contributed by atoms with Crippen molar-refractivity contribution in [3.8, 4) is 22.8 Å². The van der Waals surface area contributed by atoms with Crippen LogP contribution in [-0.4, -0.2) is 48.3 Å². The molecule has 3 aliphatic carbocycles. The van der Waals surface area contributed by atoms with Crippen molar-refractivity contribution in [3.05, 3.63) is 69.4 Å². The van der Waals surface area contributed by atoms with Gasteiger partial charge in [0.2, 0.25) is 5.91 Å². The van der Waals surface area contributed by atoms with Crippen LogP contribution < -0.4 is 26.3 Å².